The van der Waals surface area contributed by atoms with Crippen LogP contribution in [0.25, 0.3) is 0 Å². The van der Waals surface area contributed by atoms with Crippen LogP contribution in [0, 0.1) is 0 Å². The number of aromatic amines is 2. The van der Waals surface area contributed by atoms with Crippen molar-refractivity contribution in [2.75, 3.05) is 5.32 Å². The number of H-pyrrole nitrogens is 2. The number of carbonyl (C=O) groups is 1. The number of halogens is 2. The summed E-state index contributed by atoms with van der Waals surface area (Å²) in [5, 5.41) is 12.1. The van der Waals surface area contributed by atoms with Crippen LogP contribution in [-0.4, -0.2) is 21.0 Å². The number of aromatic nitrogens is 2. The molecule has 104 valence electrons. The normalized spacial score (nSPS) is 10.3. The number of carbonyl (C=O) groups excluding carboxylic acids is 1. The highest BCUT2D eigenvalue weighted by molar-refractivity contribution is 6.36. The molecule has 0 radical (unpaired) electrons. The molecule has 0 saturated heterocycles. The maximum absolute atomic E-state index is 11.9. The van der Waals surface area contributed by atoms with Crippen LogP contribution in [0.4, 0.5) is 5.69 Å². The molecule has 7 nitrogen and oxygen atoms in total. The SMILES string of the molecule is O=C(Nc1cc(Cl)cc(Cl)c1O)c1cc(=O)[nH]c(=O)[nH]1. The maximum atomic E-state index is 11.9. The number of rotatable bonds is 2. The molecule has 0 spiro atoms. The smallest absolute Gasteiger partial charge is 0.326 e. The predicted molar refractivity (Wildman–Crippen MR) is 73.8 cm³/mol. The van der Waals surface area contributed by atoms with E-state index in [2.05, 4.69) is 10.3 Å². The third-order valence-electron chi connectivity index (χ3n) is 2.28. The molecule has 20 heavy (non-hydrogen) atoms. The molecule has 0 aliphatic rings. The van der Waals surface area contributed by atoms with Crippen molar-refractivity contribution in [3.8, 4) is 5.75 Å². The summed E-state index contributed by atoms with van der Waals surface area (Å²) < 4.78 is 0. The fraction of sp³-hybridized carbons (Fsp3) is 0. The molecule has 9 heteroatoms. The van der Waals surface area contributed by atoms with Gasteiger partial charge in [0.25, 0.3) is 11.5 Å². The van der Waals surface area contributed by atoms with E-state index >= 15 is 0 Å². The molecule has 0 unspecified atom stereocenters. The van der Waals surface area contributed by atoms with Gasteiger partial charge >= 0.3 is 5.69 Å². The first-order valence-corrected chi connectivity index (χ1v) is 5.95. The van der Waals surface area contributed by atoms with Crippen LogP contribution >= 0.6 is 23.2 Å². The van der Waals surface area contributed by atoms with Crippen LogP contribution in [0.2, 0.25) is 10.0 Å². The molecule has 0 aliphatic heterocycles. The van der Waals surface area contributed by atoms with Crippen LogP contribution in [0.1, 0.15) is 10.5 Å². The van der Waals surface area contributed by atoms with E-state index in [1.165, 1.54) is 12.1 Å². The maximum Gasteiger partial charge on any atom is 0.326 e. The van der Waals surface area contributed by atoms with Crippen LogP contribution < -0.4 is 16.6 Å². The molecule has 1 heterocycles. The quantitative estimate of drug-likeness (QED) is 0.626. The average molecular weight is 316 g/mol. The summed E-state index contributed by atoms with van der Waals surface area (Å²) in [6.45, 7) is 0. The third-order valence-corrected chi connectivity index (χ3v) is 2.79. The van der Waals surface area contributed by atoms with Gasteiger partial charge in [-0.05, 0) is 12.1 Å². The van der Waals surface area contributed by atoms with Gasteiger partial charge in [0.05, 0.1) is 10.7 Å². The lowest BCUT2D eigenvalue weighted by atomic mass is 10.2. The molecule has 1 aromatic carbocycles. The number of amides is 1. The summed E-state index contributed by atoms with van der Waals surface area (Å²) in [4.78, 5) is 38.1. The number of hydrogen-bond donors (Lipinski definition) is 4. The molecule has 0 fully saturated rings. The Balaban J connectivity index is 2.37. The Labute approximate surface area is 121 Å². The Bertz CT molecular complexity index is 769. The van der Waals surface area contributed by atoms with E-state index in [1.807, 2.05) is 4.98 Å². The summed E-state index contributed by atoms with van der Waals surface area (Å²) in [5.74, 6) is -1.18. The standard InChI is InChI=1S/C11H7Cl2N3O4/c12-4-1-5(13)9(18)6(2-4)14-10(19)7-3-8(17)16-11(20)15-7/h1-3,18H,(H,14,19)(H2,15,16,17,20). The second-order valence-corrected chi connectivity index (χ2v) is 4.58. The van der Waals surface area contributed by atoms with E-state index in [-0.39, 0.29) is 27.2 Å². The Kier molecular flexibility index (Phi) is 3.82. The fourth-order valence-electron chi connectivity index (χ4n) is 1.44. The summed E-state index contributed by atoms with van der Waals surface area (Å²) in [6.07, 6.45) is 0. The zero-order valence-electron chi connectivity index (χ0n) is 9.66. The Morgan fingerprint density at radius 3 is 2.50 bits per heavy atom. The molecule has 4 N–H and O–H groups in total. The average Bonchev–Trinajstić information content (AvgIpc) is 2.34. The van der Waals surface area contributed by atoms with Gasteiger partial charge in [0.1, 0.15) is 5.69 Å². The number of benzene rings is 1. The molecule has 0 atom stereocenters. The number of phenols is 1. The van der Waals surface area contributed by atoms with E-state index in [0.717, 1.165) is 6.07 Å². The summed E-state index contributed by atoms with van der Waals surface area (Å²) in [7, 11) is 0. The highest BCUT2D eigenvalue weighted by atomic mass is 35.5. The number of hydrogen-bond acceptors (Lipinski definition) is 4. The van der Waals surface area contributed by atoms with Crippen LogP contribution in [-0.2, 0) is 0 Å². The first-order valence-electron chi connectivity index (χ1n) is 5.20. The lowest BCUT2D eigenvalue weighted by Crippen LogP contribution is -2.27. The van der Waals surface area contributed by atoms with Crippen LogP contribution in [0.3, 0.4) is 0 Å². The first kappa shape index (κ1) is 14.2. The second-order valence-electron chi connectivity index (χ2n) is 3.74. The second kappa shape index (κ2) is 5.40. The van der Waals surface area contributed by atoms with Crippen molar-refractivity contribution in [1.82, 2.24) is 9.97 Å². The number of phenolic OH excluding ortho intramolecular Hbond substituents is 1. The molecule has 0 bridgehead atoms. The van der Waals surface area contributed by atoms with Gasteiger partial charge in [0.15, 0.2) is 5.75 Å². The minimum atomic E-state index is -0.823. The zero-order chi connectivity index (χ0) is 14.9. The van der Waals surface area contributed by atoms with Crippen molar-refractivity contribution in [2.24, 2.45) is 0 Å². The van der Waals surface area contributed by atoms with E-state index in [1.54, 1.807) is 0 Å². The molecule has 1 amide bonds. The van der Waals surface area contributed by atoms with E-state index in [9.17, 15) is 19.5 Å². The van der Waals surface area contributed by atoms with E-state index in [4.69, 9.17) is 23.2 Å². The first-order chi connectivity index (χ1) is 9.36. The van der Waals surface area contributed by atoms with Crippen LogP contribution in [0.5, 0.6) is 5.75 Å². The fourth-order valence-corrected chi connectivity index (χ4v) is 1.94. The van der Waals surface area contributed by atoms with Gasteiger partial charge in [-0.15, -0.1) is 0 Å². The molecule has 1 aromatic heterocycles. The number of nitrogens with one attached hydrogen (secondary N) is 3. The van der Waals surface area contributed by atoms with Crippen molar-refractivity contribution in [1.29, 1.82) is 0 Å². The topological polar surface area (TPSA) is 115 Å². The van der Waals surface area contributed by atoms with Crippen molar-refractivity contribution in [3.05, 3.63) is 54.8 Å². The van der Waals surface area contributed by atoms with Crippen molar-refractivity contribution >= 4 is 34.8 Å². The Hall–Kier alpha value is -2.25. The lowest BCUT2D eigenvalue weighted by Gasteiger charge is -2.08. The van der Waals surface area contributed by atoms with E-state index in [0.29, 0.717) is 0 Å². The Morgan fingerprint density at radius 2 is 1.85 bits per heavy atom. The minimum absolute atomic E-state index is 0.0476. The largest absolute Gasteiger partial charge is 0.504 e. The zero-order valence-corrected chi connectivity index (χ0v) is 11.2. The van der Waals surface area contributed by atoms with Gasteiger partial charge < -0.3 is 15.4 Å². The van der Waals surface area contributed by atoms with Crippen molar-refractivity contribution in [3.63, 3.8) is 0 Å². The molecule has 0 aliphatic carbocycles. The Morgan fingerprint density at radius 1 is 1.15 bits per heavy atom. The third kappa shape index (κ3) is 3.01. The molecule has 2 aromatic rings. The molecule has 0 saturated carbocycles. The number of aromatic hydroxyl groups is 1. The van der Waals surface area contributed by atoms with Gasteiger partial charge in [0.2, 0.25) is 0 Å². The molecular weight excluding hydrogens is 309 g/mol. The predicted octanol–water partition coefficient (Wildman–Crippen LogP) is 1.33. The summed E-state index contributed by atoms with van der Waals surface area (Å²) in [5.41, 5.74) is -1.87. The molecular formula is C11H7Cl2N3O4. The van der Waals surface area contributed by atoms with E-state index < -0.39 is 17.2 Å². The van der Waals surface area contributed by atoms with Gasteiger partial charge in [-0.3, -0.25) is 14.6 Å². The number of anilines is 1. The monoisotopic (exact) mass is 315 g/mol. The highest BCUT2D eigenvalue weighted by Crippen LogP contribution is 2.35. The lowest BCUT2D eigenvalue weighted by molar-refractivity contribution is 0.102. The van der Waals surface area contributed by atoms with Gasteiger partial charge in [-0.25, -0.2) is 4.79 Å². The molecule has 2 rings (SSSR count). The van der Waals surface area contributed by atoms with Gasteiger partial charge in [-0.2, -0.15) is 0 Å². The van der Waals surface area contributed by atoms with Gasteiger partial charge in [0, 0.05) is 11.1 Å². The van der Waals surface area contributed by atoms with Gasteiger partial charge in [-0.1, -0.05) is 23.2 Å². The van der Waals surface area contributed by atoms with Crippen molar-refractivity contribution in [2.45, 2.75) is 0 Å². The van der Waals surface area contributed by atoms with Crippen LogP contribution in [0.15, 0.2) is 27.8 Å². The highest BCUT2D eigenvalue weighted by Gasteiger charge is 2.13. The summed E-state index contributed by atoms with van der Waals surface area (Å²) >= 11 is 11.4. The summed E-state index contributed by atoms with van der Waals surface area (Å²) in [6, 6.07) is 3.47. The minimum Gasteiger partial charge on any atom is -0.504 e. The van der Waals surface area contributed by atoms with Crippen molar-refractivity contribution < 1.29 is 9.90 Å².